The molecule has 230 valence electrons. The Morgan fingerprint density at radius 2 is 1.70 bits per heavy atom. The number of ether oxygens (including phenoxy) is 2. The van der Waals surface area contributed by atoms with Gasteiger partial charge in [-0.25, -0.2) is 14.7 Å². The number of carbonyl (C=O) groups is 1. The van der Waals surface area contributed by atoms with Crippen LogP contribution in [0.15, 0.2) is 78.0 Å². The number of nitrogens with one attached hydrogen (secondary N) is 1. The molecule has 3 heterocycles. The topological polar surface area (TPSA) is 146 Å². The van der Waals surface area contributed by atoms with Gasteiger partial charge in [-0.1, -0.05) is 44.2 Å². The van der Waals surface area contributed by atoms with Crippen LogP contribution in [-0.4, -0.2) is 35.4 Å². The van der Waals surface area contributed by atoms with E-state index in [4.69, 9.17) is 20.2 Å². The van der Waals surface area contributed by atoms with Gasteiger partial charge >= 0.3 is 0 Å². The van der Waals surface area contributed by atoms with Crippen molar-refractivity contribution in [1.82, 2.24) is 19.7 Å². The van der Waals surface area contributed by atoms with E-state index in [1.165, 1.54) is 12.1 Å². The summed E-state index contributed by atoms with van der Waals surface area (Å²) < 4.78 is 40.1. The molecule has 1 aliphatic carbocycles. The molecule has 44 heavy (non-hydrogen) atoms. The van der Waals surface area contributed by atoms with E-state index in [9.17, 15) is 13.2 Å². The molecule has 1 amide bonds. The first-order chi connectivity index (χ1) is 21.0. The summed E-state index contributed by atoms with van der Waals surface area (Å²) in [5.41, 5.74) is 9.11. The minimum absolute atomic E-state index is 0.00459. The van der Waals surface area contributed by atoms with Gasteiger partial charge in [0, 0.05) is 23.7 Å². The second-order valence-corrected chi connectivity index (χ2v) is 13.1. The molecule has 3 atom stereocenters. The number of hydrogen-bond donors (Lipinski definition) is 2. The number of nitrogen functional groups attached to an aromatic ring is 1. The summed E-state index contributed by atoms with van der Waals surface area (Å²) >= 11 is 0. The SMILES string of the molecule is CC(C)Oc1ccc(-c2ccc(C(=O)NS(=O)(=O)c3ccc(OCc4ccccc4)c(N)n3)c(C3[C@H](C)CC[C@@H]3C)n2)cn1. The van der Waals surface area contributed by atoms with Gasteiger partial charge in [0.05, 0.1) is 23.1 Å². The number of carbonyl (C=O) groups excluding carboxylic acids is 1. The Morgan fingerprint density at radius 1 is 0.977 bits per heavy atom. The molecule has 1 aromatic carbocycles. The van der Waals surface area contributed by atoms with E-state index in [0.29, 0.717) is 17.3 Å². The van der Waals surface area contributed by atoms with Crippen LogP contribution in [0.3, 0.4) is 0 Å². The van der Waals surface area contributed by atoms with Gasteiger partial charge in [-0.2, -0.15) is 8.42 Å². The normalized spacial score (nSPS) is 18.2. The van der Waals surface area contributed by atoms with E-state index in [1.807, 2.05) is 50.2 Å². The van der Waals surface area contributed by atoms with Gasteiger partial charge in [-0.15, -0.1) is 0 Å². The number of pyridine rings is 3. The lowest BCUT2D eigenvalue weighted by Gasteiger charge is -2.23. The van der Waals surface area contributed by atoms with Gasteiger partial charge in [0.1, 0.15) is 6.61 Å². The number of sulfonamides is 1. The minimum atomic E-state index is -4.36. The van der Waals surface area contributed by atoms with Crippen LogP contribution in [0, 0.1) is 11.8 Å². The van der Waals surface area contributed by atoms with Gasteiger partial charge < -0.3 is 15.2 Å². The highest BCUT2D eigenvalue weighted by Gasteiger charge is 2.36. The molecule has 3 N–H and O–H groups in total. The summed E-state index contributed by atoms with van der Waals surface area (Å²) in [7, 11) is -4.36. The molecule has 1 aliphatic rings. The number of rotatable bonds is 10. The number of hydrogen-bond acceptors (Lipinski definition) is 9. The predicted molar refractivity (Wildman–Crippen MR) is 168 cm³/mol. The van der Waals surface area contributed by atoms with Crippen molar-refractivity contribution in [3.8, 4) is 22.9 Å². The first-order valence-corrected chi connectivity index (χ1v) is 16.1. The summed E-state index contributed by atoms with van der Waals surface area (Å²) in [5.74, 6) is 0.368. The van der Waals surface area contributed by atoms with Crippen LogP contribution < -0.4 is 19.9 Å². The lowest BCUT2D eigenvalue weighted by Crippen LogP contribution is -2.33. The molecule has 0 saturated heterocycles. The smallest absolute Gasteiger partial charge is 0.281 e. The minimum Gasteiger partial charge on any atom is -0.485 e. The van der Waals surface area contributed by atoms with Crippen LogP contribution in [0.4, 0.5) is 5.82 Å². The number of anilines is 1. The zero-order chi connectivity index (χ0) is 31.4. The molecule has 1 fully saturated rings. The number of amides is 1. The Balaban J connectivity index is 1.40. The number of benzene rings is 1. The predicted octanol–water partition coefficient (Wildman–Crippen LogP) is 5.76. The zero-order valence-corrected chi connectivity index (χ0v) is 26.0. The molecular weight excluding hydrogens is 578 g/mol. The maximum absolute atomic E-state index is 13.6. The van der Waals surface area contributed by atoms with Gasteiger partial charge in [-0.05, 0) is 74.4 Å². The van der Waals surface area contributed by atoms with Crippen molar-refractivity contribution in [2.75, 3.05) is 5.73 Å². The van der Waals surface area contributed by atoms with Crippen LogP contribution in [0.5, 0.6) is 11.6 Å². The Hall–Kier alpha value is -4.51. The Bertz CT molecular complexity index is 1720. The van der Waals surface area contributed by atoms with Gasteiger partial charge in [0.2, 0.25) is 5.88 Å². The molecule has 1 saturated carbocycles. The Morgan fingerprint density at radius 3 is 2.34 bits per heavy atom. The van der Waals surface area contributed by atoms with E-state index < -0.39 is 15.9 Å². The molecule has 5 rings (SSSR count). The highest BCUT2D eigenvalue weighted by Crippen LogP contribution is 2.44. The van der Waals surface area contributed by atoms with Gasteiger partial charge in [0.25, 0.3) is 15.9 Å². The zero-order valence-electron chi connectivity index (χ0n) is 25.2. The molecule has 3 aromatic heterocycles. The molecule has 1 unspecified atom stereocenters. The van der Waals surface area contributed by atoms with Gasteiger partial charge in [0.15, 0.2) is 16.6 Å². The third-order valence-corrected chi connectivity index (χ3v) is 9.01. The van der Waals surface area contributed by atoms with E-state index in [2.05, 4.69) is 28.5 Å². The summed E-state index contributed by atoms with van der Waals surface area (Å²) in [6.07, 6.45) is 3.65. The van der Waals surface area contributed by atoms with Crippen molar-refractivity contribution in [1.29, 1.82) is 0 Å². The highest BCUT2D eigenvalue weighted by atomic mass is 32.2. The Labute approximate surface area is 258 Å². The number of aromatic nitrogens is 3. The maximum Gasteiger partial charge on any atom is 0.281 e. The lowest BCUT2D eigenvalue weighted by atomic mass is 9.85. The monoisotopic (exact) mass is 615 g/mol. The summed E-state index contributed by atoms with van der Waals surface area (Å²) in [4.78, 5) is 26.9. The van der Waals surface area contributed by atoms with E-state index >= 15 is 0 Å². The van der Waals surface area contributed by atoms with Crippen molar-refractivity contribution < 1.29 is 22.7 Å². The second-order valence-electron chi connectivity index (χ2n) is 11.5. The van der Waals surface area contributed by atoms with Crippen LogP contribution in [0.1, 0.15) is 68.1 Å². The maximum atomic E-state index is 13.6. The molecular formula is C33H37N5O5S. The first kappa shape index (κ1) is 30.9. The fraction of sp³-hybridized carbons (Fsp3) is 0.333. The molecule has 0 radical (unpaired) electrons. The number of nitrogens with two attached hydrogens (primary N) is 1. The van der Waals surface area contributed by atoms with Gasteiger partial charge in [-0.3, -0.25) is 9.78 Å². The molecule has 0 aliphatic heterocycles. The second kappa shape index (κ2) is 13.0. The van der Waals surface area contributed by atoms with E-state index in [1.54, 1.807) is 24.4 Å². The summed E-state index contributed by atoms with van der Waals surface area (Å²) in [6, 6.07) is 19.1. The molecule has 4 aromatic rings. The highest BCUT2D eigenvalue weighted by molar-refractivity contribution is 7.90. The fourth-order valence-corrected chi connectivity index (χ4v) is 6.51. The van der Waals surface area contributed by atoms with Crippen molar-refractivity contribution >= 4 is 21.7 Å². The molecule has 0 bridgehead atoms. The fourth-order valence-electron chi connectivity index (χ4n) is 5.59. The third-order valence-electron chi connectivity index (χ3n) is 7.78. The molecule has 10 nitrogen and oxygen atoms in total. The van der Waals surface area contributed by atoms with Crippen molar-refractivity contribution in [2.45, 2.75) is 64.2 Å². The third kappa shape index (κ3) is 6.99. The molecule has 0 spiro atoms. The standard InChI is InChI=1S/C33H37N5O5S/c1-20(2)43-28-16-12-24(18-35-28)26-14-13-25(31(36-26)30-21(3)10-11-22(30)4)33(39)38-44(40,41)29-17-15-27(32(34)37-29)42-19-23-8-6-5-7-9-23/h5-9,12-18,20-22,30H,10-11,19H2,1-4H3,(H2,34,37)(H,38,39)/t21-,22+,30?. The molecule has 11 heteroatoms. The van der Waals surface area contributed by atoms with E-state index in [0.717, 1.165) is 24.0 Å². The van der Waals surface area contributed by atoms with Crippen molar-refractivity contribution in [3.05, 3.63) is 89.7 Å². The lowest BCUT2D eigenvalue weighted by molar-refractivity contribution is 0.0979. The van der Waals surface area contributed by atoms with Crippen molar-refractivity contribution in [3.63, 3.8) is 0 Å². The van der Waals surface area contributed by atoms with Crippen LogP contribution in [0.2, 0.25) is 0 Å². The average Bonchev–Trinajstić information content (AvgIpc) is 3.33. The number of nitrogens with zero attached hydrogens (tertiary/aromatic N) is 3. The average molecular weight is 616 g/mol. The quantitative estimate of drug-likeness (QED) is 0.227. The van der Waals surface area contributed by atoms with Crippen LogP contribution >= 0.6 is 0 Å². The largest absolute Gasteiger partial charge is 0.485 e. The van der Waals surface area contributed by atoms with Crippen LogP contribution in [0.25, 0.3) is 11.3 Å². The summed E-state index contributed by atoms with van der Waals surface area (Å²) in [6.45, 7) is 8.37. The Kier molecular flexibility index (Phi) is 9.14. The van der Waals surface area contributed by atoms with Crippen molar-refractivity contribution in [2.24, 2.45) is 11.8 Å². The summed E-state index contributed by atoms with van der Waals surface area (Å²) in [5, 5.41) is -0.390. The first-order valence-electron chi connectivity index (χ1n) is 14.7. The van der Waals surface area contributed by atoms with E-state index in [-0.39, 0.29) is 52.6 Å². The van der Waals surface area contributed by atoms with Crippen LogP contribution in [-0.2, 0) is 16.6 Å².